The van der Waals surface area contributed by atoms with Crippen molar-refractivity contribution in [2.24, 2.45) is 0 Å². The summed E-state index contributed by atoms with van der Waals surface area (Å²) >= 11 is 0. The van der Waals surface area contributed by atoms with E-state index in [1.807, 2.05) is 0 Å². The molecular weight excluding hydrogens is 253 g/mol. The molecule has 2 aromatic rings. The lowest BCUT2D eigenvalue weighted by atomic mass is 10.2. The Morgan fingerprint density at radius 2 is 2.32 bits per heavy atom. The van der Waals surface area contributed by atoms with Crippen molar-refractivity contribution in [1.29, 1.82) is 0 Å². The van der Waals surface area contributed by atoms with Crippen molar-refractivity contribution in [3.63, 3.8) is 0 Å². The number of nitrogens with one attached hydrogen (secondary N) is 1. The van der Waals surface area contributed by atoms with Crippen molar-refractivity contribution < 1.29 is 13.9 Å². The van der Waals surface area contributed by atoms with E-state index in [2.05, 4.69) is 20.6 Å². The summed E-state index contributed by atoms with van der Waals surface area (Å²) in [5.41, 5.74) is 0.637. The van der Waals surface area contributed by atoms with Gasteiger partial charge in [-0.15, -0.1) is 10.2 Å². The summed E-state index contributed by atoms with van der Waals surface area (Å²) in [5.74, 6) is -0.738. The zero-order chi connectivity index (χ0) is 13.8. The Morgan fingerprint density at radius 1 is 1.53 bits per heavy atom. The lowest BCUT2D eigenvalue weighted by Gasteiger charge is -2.15. The number of halogens is 1. The van der Waals surface area contributed by atoms with Crippen LogP contribution in [0.1, 0.15) is 16.2 Å². The Hall–Kier alpha value is -2.51. The molecule has 0 aliphatic rings. The van der Waals surface area contributed by atoms with Gasteiger partial charge in [0.15, 0.2) is 11.6 Å². The maximum Gasteiger partial charge on any atom is 0.295 e. The summed E-state index contributed by atoms with van der Waals surface area (Å²) < 4.78 is 18.3. The minimum atomic E-state index is -0.472. The number of benzene rings is 1. The molecule has 7 nitrogen and oxygen atoms in total. The molecule has 2 rings (SSSR count). The first-order valence-electron chi connectivity index (χ1n) is 5.43. The number of amides is 1. The first-order chi connectivity index (χ1) is 9.11. The summed E-state index contributed by atoms with van der Waals surface area (Å²) in [4.78, 5) is 13.2. The van der Waals surface area contributed by atoms with E-state index in [0.717, 1.165) is 0 Å². The van der Waals surface area contributed by atoms with Gasteiger partial charge in [-0.2, -0.15) is 5.21 Å². The van der Waals surface area contributed by atoms with Gasteiger partial charge in [-0.05, 0) is 22.9 Å². The largest absolute Gasteiger partial charge is 0.494 e. The number of H-pyrrole nitrogens is 1. The molecule has 1 aromatic carbocycles. The van der Waals surface area contributed by atoms with Gasteiger partial charge < -0.3 is 9.64 Å². The van der Waals surface area contributed by atoms with Crippen LogP contribution in [-0.4, -0.2) is 45.6 Å². The summed E-state index contributed by atoms with van der Waals surface area (Å²) in [6, 6.07) is 4.51. The number of aromatic nitrogens is 4. The molecule has 0 fully saturated rings. The molecule has 1 amide bonds. The van der Waals surface area contributed by atoms with Gasteiger partial charge in [-0.3, -0.25) is 4.79 Å². The summed E-state index contributed by atoms with van der Waals surface area (Å²) in [6.45, 7) is 0.230. The highest BCUT2D eigenvalue weighted by Gasteiger charge is 2.16. The number of aromatic amines is 1. The number of hydrogen-bond acceptors (Lipinski definition) is 5. The smallest absolute Gasteiger partial charge is 0.295 e. The van der Waals surface area contributed by atoms with Gasteiger partial charge in [0.25, 0.3) is 11.7 Å². The van der Waals surface area contributed by atoms with Gasteiger partial charge in [-0.25, -0.2) is 4.39 Å². The molecule has 1 N–H and O–H groups in total. The third kappa shape index (κ3) is 2.84. The molecule has 0 saturated heterocycles. The maximum absolute atomic E-state index is 13.5. The molecule has 0 spiro atoms. The molecule has 0 radical (unpaired) electrons. The Morgan fingerprint density at radius 3 is 2.89 bits per heavy atom. The second-order valence-electron chi connectivity index (χ2n) is 3.87. The normalized spacial score (nSPS) is 10.3. The maximum atomic E-state index is 13.5. The van der Waals surface area contributed by atoms with Crippen LogP contribution in [0.4, 0.5) is 4.39 Å². The number of carbonyl (C=O) groups is 1. The lowest BCUT2D eigenvalue weighted by Crippen LogP contribution is -2.27. The van der Waals surface area contributed by atoms with E-state index < -0.39 is 11.7 Å². The van der Waals surface area contributed by atoms with Crippen molar-refractivity contribution in [1.82, 2.24) is 25.5 Å². The second kappa shape index (κ2) is 5.42. The van der Waals surface area contributed by atoms with Gasteiger partial charge >= 0.3 is 0 Å². The third-order valence-electron chi connectivity index (χ3n) is 2.52. The predicted molar refractivity (Wildman–Crippen MR) is 62.9 cm³/mol. The first-order valence-corrected chi connectivity index (χ1v) is 5.43. The number of methoxy groups -OCH3 is 1. The van der Waals surface area contributed by atoms with Crippen LogP contribution >= 0.6 is 0 Å². The average Bonchev–Trinajstić information content (AvgIpc) is 2.92. The fourth-order valence-corrected chi connectivity index (χ4v) is 1.58. The minimum Gasteiger partial charge on any atom is -0.494 e. The Balaban J connectivity index is 2.08. The monoisotopic (exact) mass is 265 g/mol. The van der Waals surface area contributed by atoms with E-state index in [1.54, 1.807) is 13.1 Å². The fraction of sp³-hybridized carbons (Fsp3) is 0.273. The van der Waals surface area contributed by atoms with Crippen molar-refractivity contribution in [2.45, 2.75) is 6.54 Å². The summed E-state index contributed by atoms with van der Waals surface area (Å²) in [5, 5.41) is 12.7. The van der Waals surface area contributed by atoms with Crippen LogP contribution in [0.25, 0.3) is 0 Å². The van der Waals surface area contributed by atoms with Crippen LogP contribution in [0.3, 0.4) is 0 Å². The van der Waals surface area contributed by atoms with E-state index in [1.165, 1.54) is 24.1 Å². The fourth-order valence-electron chi connectivity index (χ4n) is 1.58. The summed E-state index contributed by atoms with van der Waals surface area (Å²) in [6.07, 6.45) is 0. The highest BCUT2D eigenvalue weighted by atomic mass is 19.1. The van der Waals surface area contributed by atoms with Crippen molar-refractivity contribution >= 4 is 5.91 Å². The minimum absolute atomic E-state index is 0.0310. The third-order valence-corrected chi connectivity index (χ3v) is 2.52. The number of nitrogens with zero attached hydrogens (tertiary/aromatic N) is 4. The molecule has 1 heterocycles. The molecule has 0 saturated carbocycles. The first kappa shape index (κ1) is 12.9. The molecule has 0 unspecified atom stereocenters. The van der Waals surface area contributed by atoms with Crippen LogP contribution in [-0.2, 0) is 6.54 Å². The molecule has 0 aliphatic carbocycles. The molecule has 100 valence electrons. The quantitative estimate of drug-likeness (QED) is 0.876. The van der Waals surface area contributed by atoms with Gasteiger partial charge in [0.1, 0.15) is 0 Å². The van der Waals surface area contributed by atoms with Crippen LogP contribution in [0.2, 0.25) is 0 Å². The highest BCUT2D eigenvalue weighted by molar-refractivity contribution is 5.89. The average molecular weight is 265 g/mol. The molecule has 8 heteroatoms. The molecule has 1 aromatic heterocycles. The Kier molecular flexibility index (Phi) is 3.69. The molecule has 0 atom stereocenters. The number of rotatable bonds is 4. The van der Waals surface area contributed by atoms with E-state index in [-0.39, 0.29) is 18.1 Å². The van der Waals surface area contributed by atoms with Gasteiger partial charge in [0, 0.05) is 13.6 Å². The SMILES string of the molecule is COc1ccc(CN(C)C(=O)c2nn[nH]n2)cc1F. The van der Waals surface area contributed by atoms with Crippen molar-refractivity contribution in [3.8, 4) is 5.75 Å². The van der Waals surface area contributed by atoms with Gasteiger partial charge in [-0.1, -0.05) is 6.07 Å². The Bertz CT molecular complexity index is 572. The zero-order valence-electron chi connectivity index (χ0n) is 10.4. The van der Waals surface area contributed by atoms with Gasteiger partial charge in [0.2, 0.25) is 0 Å². The standard InChI is InChI=1S/C11H12FN5O2/c1-17(11(18)10-13-15-16-14-10)6-7-3-4-9(19-2)8(12)5-7/h3-5H,6H2,1-2H3,(H,13,14,15,16). The molecule has 19 heavy (non-hydrogen) atoms. The van der Waals surface area contributed by atoms with Crippen LogP contribution < -0.4 is 4.74 Å². The Labute approximate surface area is 108 Å². The van der Waals surface area contributed by atoms with E-state index in [0.29, 0.717) is 5.56 Å². The number of carbonyl (C=O) groups excluding carboxylic acids is 1. The number of hydrogen-bond donors (Lipinski definition) is 1. The zero-order valence-corrected chi connectivity index (χ0v) is 10.4. The predicted octanol–water partition coefficient (Wildman–Crippen LogP) is 0.620. The van der Waals surface area contributed by atoms with Crippen LogP contribution in [0.15, 0.2) is 18.2 Å². The van der Waals surface area contributed by atoms with E-state index in [4.69, 9.17) is 4.74 Å². The van der Waals surface area contributed by atoms with E-state index >= 15 is 0 Å². The van der Waals surface area contributed by atoms with Crippen molar-refractivity contribution in [3.05, 3.63) is 35.4 Å². The number of tetrazole rings is 1. The van der Waals surface area contributed by atoms with Crippen LogP contribution in [0.5, 0.6) is 5.75 Å². The molecular formula is C11H12FN5O2. The summed E-state index contributed by atoms with van der Waals surface area (Å²) in [7, 11) is 2.96. The second-order valence-corrected chi connectivity index (χ2v) is 3.87. The van der Waals surface area contributed by atoms with Crippen LogP contribution in [0, 0.1) is 5.82 Å². The highest BCUT2D eigenvalue weighted by Crippen LogP contribution is 2.18. The topological polar surface area (TPSA) is 84.0 Å². The van der Waals surface area contributed by atoms with E-state index in [9.17, 15) is 9.18 Å². The van der Waals surface area contributed by atoms with Crippen molar-refractivity contribution in [2.75, 3.05) is 14.2 Å². The molecule has 0 aliphatic heterocycles. The lowest BCUT2D eigenvalue weighted by molar-refractivity contribution is 0.0773. The van der Waals surface area contributed by atoms with Gasteiger partial charge in [0.05, 0.1) is 7.11 Å². The molecule has 0 bridgehead atoms. The number of ether oxygens (including phenoxy) is 1.